The van der Waals surface area contributed by atoms with Crippen LogP contribution in [0.4, 0.5) is 5.69 Å². The molecule has 0 atom stereocenters. The molecule has 0 spiro atoms. The van der Waals surface area contributed by atoms with E-state index in [1.807, 2.05) is 36.4 Å². The van der Waals surface area contributed by atoms with Gasteiger partial charge in [0.25, 0.3) is 5.91 Å². The normalized spacial score (nSPS) is 15.0. The van der Waals surface area contributed by atoms with Crippen molar-refractivity contribution in [2.75, 3.05) is 18.7 Å². The highest BCUT2D eigenvalue weighted by Crippen LogP contribution is 2.30. The van der Waals surface area contributed by atoms with Crippen molar-refractivity contribution in [3.8, 4) is 17.6 Å². The number of hydrogen-bond donors (Lipinski definition) is 0. The number of methoxy groups -OCH3 is 1. The second-order valence-electron chi connectivity index (χ2n) is 5.55. The molecule has 3 rings (SSSR count). The number of rotatable bonds is 5. The minimum absolute atomic E-state index is 0.0624. The van der Waals surface area contributed by atoms with Gasteiger partial charge in [-0.05, 0) is 42.8 Å². The van der Waals surface area contributed by atoms with Crippen molar-refractivity contribution in [1.82, 2.24) is 0 Å². The first kappa shape index (κ1) is 17.2. The van der Waals surface area contributed by atoms with Gasteiger partial charge in [-0.3, -0.25) is 4.79 Å². The molecule has 0 saturated carbocycles. The lowest BCUT2D eigenvalue weighted by atomic mass is 10.1. The number of para-hydroxylation sites is 1. The molecule has 0 aromatic heterocycles. The number of carbonyl (C=O) groups excluding carboxylic acids is 1. The molecule has 2 aromatic rings. The summed E-state index contributed by atoms with van der Waals surface area (Å²) < 4.78 is 10.6. The van der Waals surface area contributed by atoms with Gasteiger partial charge in [0, 0.05) is 0 Å². The van der Waals surface area contributed by atoms with Crippen LogP contribution >= 0.6 is 0 Å². The van der Waals surface area contributed by atoms with E-state index in [0.29, 0.717) is 22.8 Å². The molecule has 0 fully saturated rings. The maximum absolute atomic E-state index is 12.7. The highest BCUT2D eigenvalue weighted by atomic mass is 16.5. The lowest BCUT2D eigenvalue weighted by Gasteiger charge is -2.11. The third-order valence-corrected chi connectivity index (χ3v) is 3.85. The van der Waals surface area contributed by atoms with Gasteiger partial charge in [-0.1, -0.05) is 24.3 Å². The van der Waals surface area contributed by atoms with E-state index in [2.05, 4.69) is 5.10 Å². The van der Waals surface area contributed by atoms with Gasteiger partial charge < -0.3 is 9.47 Å². The Labute approximate surface area is 151 Å². The summed E-state index contributed by atoms with van der Waals surface area (Å²) in [5, 5.41) is 14.4. The van der Waals surface area contributed by atoms with E-state index in [1.54, 1.807) is 31.2 Å². The van der Waals surface area contributed by atoms with Gasteiger partial charge in [0.15, 0.2) is 18.1 Å². The van der Waals surface area contributed by atoms with Crippen LogP contribution in [0.25, 0.3) is 6.08 Å². The first-order valence-corrected chi connectivity index (χ1v) is 7.98. The minimum Gasteiger partial charge on any atom is -0.493 e. The van der Waals surface area contributed by atoms with Crippen LogP contribution in [0, 0.1) is 11.3 Å². The Morgan fingerprint density at radius 1 is 1.19 bits per heavy atom. The number of hydrogen-bond acceptors (Lipinski definition) is 5. The fourth-order valence-corrected chi connectivity index (χ4v) is 2.60. The van der Waals surface area contributed by atoms with Crippen LogP contribution in [0.5, 0.6) is 11.5 Å². The highest BCUT2D eigenvalue weighted by molar-refractivity contribution is 6.32. The highest BCUT2D eigenvalue weighted by Gasteiger charge is 2.28. The average molecular weight is 347 g/mol. The van der Waals surface area contributed by atoms with Gasteiger partial charge in [0.2, 0.25) is 0 Å². The summed E-state index contributed by atoms with van der Waals surface area (Å²) in [6.45, 7) is 1.74. The van der Waals surface area contributed by atoms with E-state index in [1.165, 1.54) is 12.1 Å². The number of anilines is 1. The largest absolute Gasteiger partial charge is 0.493 e. The monoisotopic (exact) mass is 347 g/mol. The van der Waals surface area contributed by atoms with Gasteiger partial charge in [0.05, 0.1) is 24.1 Å². The fraction of sp³-hybridized carbons (Fsp3) is 0.150. The minimum atomic E-state index is -0.183. The molecule has 1 aliphatic heterocycles. The summed E-state index contributed by atoms with van der Waals surface area (Å²) in [6, 6.07) is 16.5. The van der Waals surface area contributed by atoms with Crippen molar-refractivity contribution in [3.63, 3.8) is 0 Å². The van der Waals surface area contributed by atoms with E-state index < -0.39 is 0 Å². The molecule has 1 amide bonds. The summed E-state index contributed by atoms with van der Waals surface area (Å²) >= 11 is 0. The molecule has 1 heterocycles. The number of nitriles is 1. The van der Waals surface area contributed by atoms with Crippen molar-refractivity contribution >= 4 is 23.4 Å². The summed E-state index contributed by atoms with van der Waals surface area (Å²) in [5.41, 5.74) is 2.65. The Kier molecular flexibility index (Phi) is 4.99. The fourth-order valence-electron chi connectivity index (χ4n) is 2.60. The molecule has 0 unspecified atom stereocenters. The van der Waals surface area contributed by atoms with Crippen LogP contribution in [0.1, 0.15) is 12.5 Å². The Bertz CT molecular complexity index is 927. The quantitative estimate of drug-likeness (QED) is 0.777. The van der Waals surface area contributed by atoms with Gasteiger partial charge in [-0.15, -0.1) is 0 Å². The molecular weight excluding hydrogens is 330 g/mol. The van der Waals surface area contributed by atoms with E-state index in [4.69, 9.17) is 14.7 Å². The molecule has 6 nitrogen and oxygen atoms in total. The Hall–Kier alpha value is -3.59. The van der Waals surface area contributed by atoms with E-state index in [9.17, 15) is 4.79 Å². The molecule has 0 aliphatic carbocycles. The summed E-state index contributed by atoms with van der Waals surface area (Å²) in [4.78, 5) is 12.7. The molecule has 0 bridgehead atoms. The first-order chi connectivity index (χ1) is 12.6. The number of nitrogens with zero attached hydrogens (tertiary/aromatic N) is 3. The second kappa shape index (κ2) is 7.53. The second-order valence-corrected chi connectivity index (χ2v) is 5.55. The van der Waals surface area contributed by atoms with Crippen LogP contribution in [-0.2, 0) is 4.79 Å². The zero-order chi connectivity index (χ0) is 18.5. The predicted octanol–water partition coefficient (Wildman–Crippen LogP) is 3.40. The van der Waals surface area contributed by atoms with Crippen LogP contribution in [-0.4, -0.2) is 25.3 Å². The molecule has 1 aliphatic rings. The lowest BCUT2D eigenvalue weighted by Crippen LogP contribution is -2.21. The average Bonchev–Trinajstić information content (AvgIpc) is 2.95. The third-order valence-electron chi connectivity index (χ3n) is 3.85. The molecule has 26 heavy (non-hydrogen) atoms. The lowest BCUT2D eigenvalue weighted by molar-refractivity contribution is -0.114. The summed E-state index contributed by atoms with van der Waals surface area (Å²) in [6.07, 6.45) is 1.76. The number of carbonyl (C=O) groups is 1. The van der Waals surface area contributed by atoms with Gasteiger partial charge in [-0.2, -0.15) is 15.4 Å². The molecule has 0 radical (unpaired) electrons. The molecule has 0 N–H and O–H groups in total. The van der Waals surface area contributed by atoms with Crippen LogP contribution in [0.3, 0.4) is 0 Å². The Morgan fingerprint density at radius 2 is 1.96 bits per heavy atom. The van der Waals surface area contributed by atoms with Crippen LogP contribution in [0.15, 0.2) is 59.2 Å². The van der Waals surface area contributed by atoms with Crippen molar-refractivity contribution < 1.29 is 14.3 Å². The van der Waals surface area contributed by atoms with Crippen molar-refractivity contribution in [3.05, 3.63) is 59.7 Å². The van der Waals surface area contributed by atoms with Gasteiger partial charge >= 0.3 is 0 Å². The topological polar surface area (TPSA) is 74.9 Å². The maximum Gasteiger partial charge on any atom is 0.280 e. The summed E-state index contributed by atoms with van der Waals surface area (Å²) in [5.74, 6) is 0.789. The van der Waals surface area contributed by atoms with Crippen molar-refractivity contribution in [1.29, 1.82) is 5.26 Å². The number of benzene rings is 2. The number of ether oxygens (including phenoxy) is 2. The Balaban J connectivity index is 1.89. The molecule has 130 valence electrons. The van der Waals surface area contributed by atoms with Crippen molar-refractivity contribution in [2.45, 2.75) is 6.92 Å². The smallest absolute Gasteiger partial charge is 0.280 e. The van der Waals surface area contributed by atoms with Gasteiger partial charge in [0.1, 0.15) is 6.07 Å². The number of amides is 1. The molecule has 2 aromatic carbocycles. The first-order valence-electron chi connectivity index (χ1n) is 7.98. The van der Waals surface area contributed by atoms with Gasteiger partial charge in [-0.25, -0.2) is 0 Å². The Morgan fingerprint density at radius 3 is 2.65 bits per heavy atom. The zero-order valence-corrected chi connectivity index (χ0v) is 14.5. The SMILES string of the molecule is COc1cc(/C=C2/C(=O)N(c3ccccc3)N=C2C)ccc1OCC#N. The third kappa shape index (κ3) is 3.42. The summed E-state index contributed by atoms with van der Waals surface area (Å²) in [7, 11) is 1.52. The van der Waals surface area contributed by atoms with Crippen LogP contribution < -0.4 is 14.5 Å². The molecule has 6 heteroatoms. The maximum atomic E-state index is 12.7. The van der Waals surface area contributed by atoms with E-state index >= 15 is 0 Å². The number of hydrazone groups is 1. The zero-order valence-electron chi connectivity index (χ0n) is 14.5. The van der Waals surface area contributed by atoms with E-state index in [-0.39, 0.29) is 12.5 Å². The standard InChI is InChI=1S/C20H17N3O3/c1-14-17(20(24)23(22-14)16-6-4-3-5-7-16)12-15-8-9-18(26-11-10-21)19(13-15)25-2/h3-9,12-13H,11H2,1-2H3/b17-12+. The van der Waals surface area contributed by atoms with Crippen LogP contribution in [0.2, 0.25) is 0 Å². The predicted molar refractivity (Wildman–Crippen MR) is 99.1 cm³/mol. The molecule has 0 saturated heterocycles. The van der Waals surface area contributed by atoms with Crippen molar-refractivity contribution in [2.24, 2.45) is 5.10 Å². The molecular formula is C20H17N3O3. The van der Waals surface area contributed by atoms with E-state index in [0.717, 1.165) is 11.3 Å².